The molecule has 1 aliphatic heterocycles. The number of anilines is 1. The number of nitrogens with zero attached hydrogens (tertiary/aromatic N) is 2. The zero-order valence-corrected chi connectivity index (χ0v) is 17.3. The zero-order chi connectivity index (χ0) is 21.2. The summed E-state index contributed by atoms with van der Waals surface area (Å²) in [6, 6.07) is 19.3. The molecule has 6 nitrogen and oxygen atoms in total. The van der Waals surface area contributed by atoms with Crippen molar-refractivity contribution < 1.29 is 9.53 Å². The molecule has 0 saturated carbocycles. The summed E-state index contributed by atoms with van der Waals surface area (Å²) in [4.78, 5) is 23.1. The van der Waals surface area contributed by atoms with Crippen molar-refractivity contribution in [2.24, 2.45) is 0 Å². The van der Waals surface area contributed by atoms with Crippen molar-refractivity contribution in [3.8, 4) is 5.75 Å². The van der Waals surface area contributed by atoms with Crippen LogP contribution in [0.1, 0.15) is 29.8 Å². The third-order valence-corrected chi connectivity index (χ3v) is 5.71. The van der Waals surface area contributed by atoms with Crippen molar-refractivity contribution in [3.05, 3.63) is 89.9 Å². The zero-order valence-electron chi connectivity index (χ0n) is 17.3. The molecular formula is C25H24N4O2. The molecule has 0 radical (unpaired) electrons. The molecule has 1 aliphatic rings. The molecule has 4 aromatic rings. The van der Waals surface area contributed by atoms with E-state index in [-0.39, 0.29) is 12.1 Å². The molecule has 2 aromatic carbocycles. The number of aromatic amines is 1. The van der Waals surface area contributed by atoms with Gasteiger partial charge in [0, 0.05) is 41.2 Å². The van der Waals surface area contributed by atoms with Crippen LogP contribution in [0.4, 0.5) is 10.5 Å². The van der Waals surface area contributed by atoms with Gasteiger partial charge in [0.1, 0.15) is 11.8 Å². The maximum Gasteiger partial charge on any atom is 0.322 e. The smallest absolute Gasteiger partial charge is 0.322 e. The molecule has 2 N–H and O–H groups in total. The molecule has 0 saturated heterocycles. The molecule has 0 bridgehead atoms. The standard InChI is InChI=1S/C25H24N4O2/c1-2-31-19-11-9-18(10-12-19)27-25(30)29-15-13-21-20-7-3-4-8-22(20)28-23(21)24(29)17-6-5-14-26-16-17/h3-12,14,16,24,28H,2,13,15H2,1H3,(H,27,30). The summed E-state index contributed by atoms with van der Waals surface area (Å²) in [6.07, 6.45) is 4.39. The van der Waals surface area contributed by atoms with E-state index in [2.05, 4.69) is 33.5 Å². The van der Waals surface area contributed by atoms with Gasteiger partial charge in [-0.15, -0.1) is 0 Å². The lowest BCUT2D eigenvalue weighted by Gasteiger charge is -2.36. The normalized spacial score (nSPS) is 15.5. The number of amides is 2. The number of ether oxygens (including phenoxy) is 1. The Hall–Kier alpha value is -3.80. The van der Waals surface area contributed by atoms with E-state index in [0.29, 0.717) is 13.2 Å². The number of rotatable bonds is 4. The van der Waals surface area contributed by atoms with E-state index in [4.69, 9.17) is 4.74 Å². The number of carbonyl (C=O) groups is 1. The van der Waals surface area contributed by atoms with Crippen molar-refractivity contribution >= 4 is 22.6 Å². The van der Waals surface area contributed by atoms with E-state index >= 15 is 0 Å². The van der Waals surface area contributed by atoms with E-state index < -0.39 is 0 Å². The molecule has 0 spiro atoms. The highest BCUT2D eigenvalue weighted by atomic mass is 16.5. The van der Waals surface area contributed by atoms with Crippen LogP contribution in [0.25, 0.3) is 10.9 Å². The molecule has 1 unspecified atom stereocenters. The van der Waals surface area contributed by atoms with Crippen LogP contribution < -0.4 is 10.1 Å². The molecule has 2 aromatic heterocycles. The van der Waals surface area contributed by atoms with Crippen LogP contribution >= 0.6 is 0 Å². The minimum absolute atomic E-state index is 0.137. The Balaban J connectivity index is 1.49. The van der Waals surface area contributed by atoms with Gasteiger partial charge in [-0.1, -0.05) is 24.3 Å². The highest BCUT2D eigenvalue weighted by molar-refractivity contribution is 5.91. The molecule has 6 heteroatoms. The number of aromatic nitrogens is 2. The summed E-state index contributed by atoms with van der Waals surface area (Å²) < 4.78 is 5.49. The van der Waals surface area contributed by atoms with Crippen LogP contribution in [0.2, 0.25) is 0 Å². The fourth-order valence-corrected chi connectivity index (χ4v) is 4.34. The number of para-hydroxylation sites is 1. The SMILES string of the molecule is CCOc1ccc(NC(=O)N2CCc3c([nH]c4ccccc34)C2c2cccnc2)cc1. The van der Waals surface area contributed by atoms with Gasteiger partial charge in [-0.2, -0.15) is 0 Å². The van der Waals surface area contributed by atoms with E-state index in [9.17, 15) is 4.79 Å². The molecule has 0 aliphatic carbocycles. The highest BCUT2D eigenvalue weighted by Gasteiger charge is 2.34. The Morgan fingerprint density at radius 2 is 2.00 bits per heavy atom. The number of urea groups is 1. The van der Waals surface area contributed by atoms with Gasteiger partial charge >= 0.3 is 6.03 Å². The molecule has 5 rings (SSSR count). The highest BCUT2D eigenvalue weighted by Crippen LogP contribution is 2.38. The Kier molecular flexibility index (Phi) is 5.04. The number of hydrogen-bond acceptors (Lipinski definition) is 3. The fraction of sp³-hybridized carbons (Fsp3) is 0.200. The lowest BCUT2D eigenvalue weighted by molar-refractivity contribution is 0.193. The van der Waals surface area contributed by atoms with Crippen LogP contribution in [-0.2, 0) is 6.42 Å². The number of hydrogen-bond donors (Lipinski definition) is 2. The molecule has 0 fully saturated rings. The fourth-order valence-electron chi connectivity index (χ4n) is 4.34. The van der Waals surface area contributed by atoms with Gasteiger partial charge in [0.25, 0.3) is 0 Å². The number of nitrogens with one attached hydrogen (secondary N) is 2. The molecule has 1 atom stereocenters. The monoisotopic (exact) mass is 412 g/mol. The van der Waals surface area contributed by atoms with Crippen LogP contribution in [0.5, 0.6) is 5.75 Å². The largest absolute Gasteiger partial charge is 0.494 e. The summed E-state index contributed by atoms with van der Waals surface area (Å²) in [5, 5.41) is 4.26. The first-order chi connectivity index (χ1) is 15.2. The second-order valence-corrected chi connectivity index (χ2v) is 7.58. The molecular weight excluding hydrogens is 388 g/mol. The third kappa shape index (κ3) is 3.61. The number of pyridine rings is 1. The Bertz CT molecular complexity index is 1200. The first kappa shape index (κ1) is 19.2. The first-order valence-electron chi connectivity index (χ1n) is 10.5. The van der Waals surface area contributed by atoms with Crippen molar-refractivity contribution in [1.29, 1.82) is 0 Å². The summed E-state index contributed by atoms with van der Waals surface area (Å²) >= 11 is 0. The van der Waals surface area contributed by atoms with Crippen molar-refractivity contribution in [1.82, 2.24) is 14.9 Å². The van der Waals surface area contributed by atoms with Gasteiger partial charge < -0.3 is 19.9 Å². The minimum atomic E-state index is -0.229. The van der Waals surface area contributed by atoms with Crippen molar-refractivity contribution in [2.75, 3.05) is 18.5 Å². The quantitative estimate of drug-likeness (QED) is 0.487. The van der Waals surface area contributed by atoms with Crippen LogP contribution in [0.15, 0.2) is 73.1 Å². The second-order valence-electron chi connectivity index (χ2n) is 7.58. The average molecular weight is 412 g/mol. The lowest BCUT2D eigenvalue weighted by atomic mass is 9.93. The lowest BCUT2D eigenvalue weighted by Crippen LogP contribution is -2.43. The number of benzene rings is 2. The van der Waals surface area contributed by atoms with E-state index in [0.717, 1.165) is 34.6 Å². The van der Waals surface area contributed by atoms with Crippen LogP contribution in [0, 0.1) is 0 Å². The van der Waals surface area contributed by atoms with Crippen molar-refractivity contribution in [2.45, 2.75) is 19.4 Å². The number of H-pyrrole nitrogens is 1. The molecule has 2 amide bonds. The number of carbonyl (C=O) groups excluding carboxylic acids is 1. The Morgan fingerprint density at radius 1 is 1.16 bits per heavy atom. The average Bonchev–Trinajstić information content (AvgIpc) is 3.19. The van der Waals surface area contributed by atoms with E-state index in [1.54, 1.807) is 6.20 Å². The van der Waals surface area contributed by atoms with Crippen LogP contribution in [0.3, 0.4) is 0 Å². The summed E-state index contributed by atoms with van der Waals surface area (Å²) in [7, 11) is 0. The number of fused-ring (bicyclic) bond motifs is 3. The minimum Gasteiger partial charge on any atom is -0.494 e. The van der Waals surface area contributed by atoms with E-state index in [1.165, 1.54) is 10.9 Å². The summed E-state index contributed by atoms with van der Waals surface area (Å²) in [5.74, 6) is 0.787. The molecule has 3 heterocycles. The molecule has 156 valence electrons. The maximum atomic E-state index is 13.3. The third-order valence-electron chi connectivity index (χ3n) is 5.71. The van der Waals surface area contributed by atoms with Crippen molar-refractivity contribution in [3.63, 3.8) is 0 Å². The summed E-state index contributed by atoms with van der Waals surface area (Å²) in [6.45, 7) is 3.18. The van der Waals surface area contributed by atoms with Gasteiger partial charge in [0.2, 0.25) is 0 Å². The van der Waals surface area contributed by atoms with Crippen LogP contribution in [-0.4, -0.2) is 34.1 Å². The predicted octanol–water partition coefficient (Wildman–Crippen LogP) is 5.14. The van der Waals surface area contributed by atoms with Gasteiger partial charge in [-0.25, -0.2) is 4.79 Å². The van der Waals surface area contributed by atoms with E-state index in [1.807, 2.05) is 60.5 Å². The summed E-state index contributed by atoms with van der Waals surface area (Å²) in [5.41, 5.74) is 5.14. The Labute approximate surface area is 180 Å². The predicted molar refractivity (Wildman–Crippen MR) is 121 cm³/mol. The van der Waals surface area contributed by atoms with Gasteiger partial charge in [0.05, 0.1) is 6.61 Å². The Morgan fingerprint density at radius 3 is 2.77 bits per heavy atom. The van der Waals surface area contributed by atoms with Gasteiger partial charge in [-0.3, -0.25) is 4.98 Å². The maximum absolute atomic E-state index is 13.3. The topological polar surface area (TPSA) is 70.2 Å². The molecule has 31 heavy (non-hydrogen) atoms. The first-order valence-corrected chi connectivity index (χ1v) is 10.5. The van der Waals surface area contributed by atoms with Gasteiger partial charge in [-0.05, 0) is 60.9 Å². The second kappa shape index (κ2) is 8.14. The van der Waals surface area contributed by atoms with Gasteiger partial charge in [0.15, 0.2) is 0 Å².